The Hall–Kier alpha value is -0.910. The van der Waals surface area contributed by atoms with Crippen LogP contribution in [0.15, 0.2) is 6.07 Å². The van der Waals surface area contributed by atoms with Crippen LogP contribution in [-0.2, 0) is 0 Å². The normalized spacial score (nSPS) is 20.6. The first kappa shape index (κ1) is 12.1. The average Bonchev–Trinajstić information content (AvgIpc) is 2.68. The van der Waals surface area contributed by atoms with Crippen LogP contribution < -0.4 is 4.90 Å². The van der Waals surface area contributed by atoms with Crippen LogP contribution in [0.3, 0.4) is 0 Å². The van der Waals surface area contributed by atoms with Crippen LogP contribution in [0.4, 0.5) is 5.82 Å². The molecule has 0 aromatic carbocycles. The summed E-state index contributed by atoms with van der Waals surface area (Å²) in [7, 11) is 0. The number of piperidine rings is 1. The molecule has 1 saturated heterocycles. The molecule has 2 aromatic heterocycles. The zero-order chi connectivity index (χ0) is 12.7. The van der Waals surface area contributed by atoms with Crippen LogP contribution in [0.5, 0.6) is 0 Å². The van der Waals surface area contributed by atoms with Crippen molar-refractivity contribution < 1.29 is 5.11 Å². The number of fused-ring (bicyclic) bond motifs is 1. The van der Waals surface area contributed by atoms with Gasteiger partial charge in [0.05, 0.1) is 11.5 Å². The van der Waals surface area contributed by atoms with Crippen molar-refractivity contribution in [3.05, 3.63) is 16.2 Å². The van der Waals surface area contributed by atoms with Gasteiger partial charge in [-0.05, 0) is 37.4 Å². The van der Waals surface area contributed by atoms with Crippen molar-refractivity contribution in [1.29, 1.82) is 0 Å². The lowest BCUT2D eigenvalue weighted by atomic mass is 10.1. The summed E-state index contributed by atoms with van der Waals surface area (Å²) < 4.78 is 0. The Morgan fingerprint density at radius 3 is 3.11 bits per heavy atom. The number of hydrogen-bond acceptors (Lipinski definition) is 5. The van der Waals surface area contributed by atoms with E-state index in [9.17, 15) is 5.11 Å². The summed E-state index contributed by atoms with van der Waals surface area (Å²) in [6, 6.07) is 2.09. The lowest BCUT2D eigenvalue weighted by Crippen LogP contribution is -2.38. The molecule has 6 heteroatoms. The first-order chi connectivity index (χ1) is 8.63. The van der Waals surface area contributed by atoms with Crippen LogP contribution >= 0.6 is 22.9 Å². The molecule has 4 nitrogen and oxygen atoms in total. The van der Waals surface area contributed by atoms with Gasteiger partial charge in [-0.3, -0.25) is 0 Å². The molecule has 1 fully saturated rings. The lowest BCUT2D eigenvalue weighted by molar-refractivity contribution is 0.154. The second kappa shape index (κ2) is 4.64. The molecule has 1 aliphatic heterocycles. The Balaban J connectivity index is 2.09. The third-order valence-corrected chi connectivity index (χ3v) is 4.28. The lowest BCUT2D eigenvalue weighted by Gasteiger charge is -2.31. The zero-order valence-electron chi connectivity index (χ0n) is 10.1. The van der Waals surface area contributed by atoms with Gasteiger partial charge in [0.25, 0.3) is 0 Å². The largest absolute Gasteiger partial charge is 0.391 e. The van der Waals surface area contributed by atoms with Gasteiger partial charge in [0, 0.05) is 18.0 Å². The maximum atomic E-state index is 9.77. The van der Waals surface area contributed by atoms with Gasteiger partial charge in [-0.1, -0.05) is 0 Å². The molecule has 3 rings (SSSR count). The smallest absolute Gasteiger partial charge is 0.225 e. The van der Waals surface area contributed by atoms with Gasteiger partial charge in [-0.2, -0.15) is 4.98 Å². The number of aryl methyl sites for hydroxylation is 1. The van der Waals surface area contributed by atoms with Gasteiger partial charge in [0.15, 0.2) is 0 Å². The summed E-state index contributed by atoms with van der Waals surface area (Å²) in [4.78, 5) is 12.8. The number of aromatic nitrogens is 2. The van der Waals surface area contributed by atoms with E-state index in [-0.39, 0.29) is 11.4 Å². The highest BCUT2D eigenvalue weighted by molar-refractivity contribution is 7.18. The molecule has 2 aromatic rings. The van der Waals surface area contributed by atoms with E-state index in [4.69, 9.17) is 11.6 Å². The molecule has 0 radical (unpaired) electrons. The van der Waals surface area contributed by atoms with E-state index in [0.717, 1.165) is 35.4 Å². The number of nitrogens with zero attached hydrogens (tertiary/aromatic N) is 3. The first-order valence-corrected chi connectivity index (χ1v) is 7.19. The third-order valence-electron chi connectivity index (χ3n) is 3.16. The molecule has 1 atom stereocenters. The van der Waals surface area contributed by atoms with E-state index >= 15 is 0 Å². The summed E-state index contributed by atoms with van der Waals surface area (Å²) in [5.41, 5.74) is 0. The van der Waals surface area contributed by atoms with Gasteiger partial charge in [-0.25, -0.2) is 4.98 Å². The van der Waals surface area contributed by atoms with Crippen molar-refractivity contribution in [2.45, 2.75) is 25.9 Å². The summed E-state index contributed by atoms with van der Waals surface area (Å²) in [6.07, 6.45) is 1.57. The number of anilines is 1. The number of aliphatic hydroxyl groups is 1. The van der Waals surface area contributed by atoms with Crippen molar-refractivity contribution >= 4 is 39.0 Å². The molecule has 96 valence electrons. The quantitative estimate of drug-likeness (QED) is 0.818. The maximum absolute atomic E-state index is 9.77. The second-order valence-electron chi connectivity index (χ2n) is 4.63. The predicted molar refractivity (Wildman–Crippen MR) is 74.6 cm³/mol. The van der Waals surface area contributed by atoms with E-state index in [0.29, 0.717) is 6.54 Å². The van der Waals surface area contributed by atoms with E-state index in [1.54, 1.807) is 11.3 Å². The van der Waals surface area contributed by atoms with Crippen LogP contribution in [0.1, 0.15) is 17.7 Å². The highest BCUT2D eigenvalue weighted by Gasteiger charge is 2.22. The Kier molecular flexibility index (Phi) is 3.13. The fourth-order valence-electron chi connectivity index (χ4n) is 2.39. The SMILES string of the molecule is Cc1cc2c(N3CCCC(O)C3)nc(Cl)nc2s1. The van der Waals surface area contributed by atoms with Crippen LogP contribution in [0, 0.1) is 6.92 Å². The molecular weight excluding hydrogens is 270 g/mol. The molecule has 0 spiro atoms. The van der Waals surface area contributed by atoms with Crippen molar-refractivity contribution in [2.24, 2.45) is 0 Å². The number of halogens is 1. The Labute approximate surface area is 114 Å². The van der Waals surface area contributed by atoms with Crippen molar-refractivity contribution in [3.8, 4) is 0 Å². The Morgan fingerprint density at radius 1 is 1.50 bits per heavy atom. The fourth-order valence-corrected chi connectivity index (χ4v) is 3.48. The Bertz CT molecular complexity index is 586. The van der Waals surface area contributed by atoms with Gasteiger partial charge in [0.1, 0.15) is 10.6 Å². The molecule has 0 bridgehead atoms. The predicted octanol–water partition coefficient (Wildman–Crippen LogP) is 2.61. The first-order valence-electron chi connectivity index (χ1n) is 6.00. The maximum Gasteiger partial charge on any atom is 0.225 e. The minimum absolute atomic E-state index is 0.276. The van der Waals surface area contributed by atoms with Gasteiger partial charge < -0.3 is 10.0 Å². The van der Waals surface area contributed by atoms with Crippen molar-refractivity contribution in [1.82, 2.24) is 9.97 Å². The molecular formula is C12H14ClN3OS. The molecule has 3 heterocycles. The summed E-state index contributed by atoms with van der Waals surface area (Å²) in [5.74, 6) is 0.855. The highest BCUT2D eigenvalue weighted by Crippen LogP contribution is 2.32. The number of thiophene rings is 1. The van der Waals surface area contributed by atoms with Gasteiger partial charge >= 0.3 is 0 Å². The van der Waals surface area contributed by atoms with Crippen molar-refractivity contribution in [2.75, 3.05) is 18.0 Å². The molecule has 0 amide bonds. The molecule has 0 aliphatic carbocycles. The van der Waals surface area contributed by atoms with Gasteiger partial charge in [-0.15, -0.1) is 11.3 Å². The summed E-state index contributed by atoms with van der Waals surface area (Å²) in [5, 5.41) is 11.1. The van der Waals surface area contributed by atoms with Crippen LogP contribution in [-0.4, -0.2) is 34.3 Å². The third kappa shape index (κ3) is 2.18. The fraction of sp³-hybridized carbons (Fsp3) is 0.500. The molecule has 1 N–H and O–H groups in total. The molecule has 18 heavy (non-hydrogen) atoms. The van der Waals surface area contributed by atoms with Crippen molar-refractivity contribution in [3.63, 3.8) is 0 Å². The number of β-amino-alcohol motifs (C(OH)–C–C–N with tert-alkyl or cyclic N) is 1. The van der Waals surface area contributed by atoms with E-state index in [1.807, 2.05) is 0 Å². The molecule has 0 saturated carbocycles. The van der Waals surface area contributed by atoms with E-state index in [1.165, 1.54) is 4.88 Å². The minimum Gasteiger partial charge on any atom is -0.391 e. The van der Waals surface area contributed by atoms with Crippen LogP contribution in [0.25, 0.3) is 10.2 Å². The topological polar surface area (TPSA) is 49.2 Å². The average molecular weight is 284 g/mol. The van der Waals surface area contributed by atoms with E-state index < -0.39 is 0 Å². The number of aliphatic hydroxyl groups excluding tert-OH is 1. The minimum atomic E-state index is -0.276. The van der Waals surface area contributed by atoms with Gasteiger partial charge in [0.2, 0.25) is 5.28 Å². The standard InChI is InChI=1S/C12H14ClN3OS/c1-7-5-9-10(14-12(13)15-11(9)18-7)16-4-2-3-8(17)6-16/h5,8,17H,2-4,6H2,1H3. The summed E-state index contributed by atoms with van der Waals surface area (Å²) in [6.45, 7) is 3.58. The monoisotopic (exact) mass is 283 g/mol. The molecule has 1 aliphatic rings. The van der Waals surface area contributed by atoms with Crippen LogP contribution in [0.2, 0.25) is 5.28 Å². The Morgan fingerprint density at radius 2 is 2.33 bits per heavy atom. The number of hydrogen-bond donors (Lipinski definition) is 1. The second-order valence-corrected chi connectivity index (χ2v) is 6.21. The molecule has 1 unspecified atom stereocenters. The van der Waals surface area contributed by atoms with E-state index in [2.05, 4.69) is 27.9 Å². The number of rotatable bonds is 1. The zero-order valence-corrected chi connectivity index (χ0v) is 11.6. The highest BCUT2D eigenvalue weighted by atomic mass is 35.5. The summed E-state index contributed by atoms with van der Waals surface area (Å²) >= 11 is 7.60.